The van der Waals surface area contributed by atoms with Gasteiger partial charge in [0.05, 0.1) is 24.5 Å². The lowest BCUT2D eigenvalue weighted by Gasteiger charge is -2.41. The quantitative estimate of drug-likeness (QED) is 0.0970. The fraction of sp³-hybridized carbons (Fsp3) is 0.220. The van der Waals surface area contributed by atoms with E-state index in [-0.39, 0.29) is 36.5 Å². The van der Waals surface area contributed by atoms with Gasteiger partial charge in [-0.1, -0.05) is 116 Å². The largest absolute Gasteiger partial charge is 0.508 e. The van der Waals surface area contributed by atoms with Crippen LogP contribution in [0.15, 0.2) is 133 Å². The van der Waals surface area contributed by atoms with E-state index < -0.39 is 6.29 Å². The maximum atomic E-state index is 12.4. The third-order valence-corrected chi connectivity index (χ3v) is 10.2. The van der Waals surface area contributed by atoms with Crippen LogP contribution in [0.3, 0.4) is 0 Å². The molecule has 12 heteroatoms. The van der Waals surface area contributed by atoms with Gasteiger partial charge in [-0.2, -0.15) is 4.68 Å². The Morgan fingerprint density at radius 2 is 1.47 bits per heavy atom. The predicted octanol–water partition coefficient (Wildman–Crippen LogP) is 7.11. The van der Waals surface area contributed by atoms with Crippen LogP contribution in [0.5, 0.6) is 5.75 Å². The number of benzene rings is 5. The monoisotopic (exact) mass is 728 g/mol. The summed E-state index contributed by atoms with van der Waals surface area (Å²) in [5, 5.41) is 38.1. The van der Waals surface area contributed by atoms with Gasteiger partial charge in [-0.25, -0.2) is 4.79 Å². The third-order valence-electron chi connectivity index (χ3n) is 9.23. The average molecular weight is 729 g/mol. The number of ether oxygens (including phenoxy) is 2. The van der Waals surface area contributed by atoms with Crippen LogP contribution < -0.4 is 10.6 Å². The number of phenols is 1. The van der Waals surface area contributed by atoms with E-state index in [4.69, 9.17) is 9.47 Å². The van der Waals surface area contributed by atoms with Crippen LogP contribution in [-0.4, -0.2) is 48.3 Å². The fourth-order valence-corrected chi connectivity index (χ4v) is 7.26. The lowest BCUT2D eigenvalue weighted by molar-refractivity contribution is -0.268. The molecule has 1 aromatic heterocycles. The Morgan fingerprint density at radius 3 is 2.21 bits per heavy atom. The topological polar surface area (TPSA) is 144 Å². The summed E-state index contributed by atoms with van der Waals surface area (Å²) in [5.74, 6) is 0.709. The second kappa shape index (κ2) is 16.9. The summed E-state index contributed by atoms with van der Waals surface area (Å²) in [6.45, 7) is 2.95. The van der Waals surface area contributed by atoms with E-state index in [1.165, 1.54) is 11.8 Å². The number of aliphatic hydroxyl groups excluding tert-OH is 1. The van der Waals surface area contributed by atoms with E-state index >= 15 is 0 Å². The van der Waals surface area contributed by atoms with Gasteiger partial charge in [-0.05, 0) is 74.1 Å². The van der Waals surface area contributed by atoms with Gasteiger partial charge in [0.2, 0.25) is 5.16 Å². The molecule has 2 heterocycles. The van der Waals surface area contributed by atoms with Gasteiger partial charge in [-0.15, -0.1) is 5.10 Å². The summed E-state index contributed by atoms with van der Waals surface area (Å²) in [7, 11) is 0. The summed E-state index contributed by atoms with van der Waals surface area (Å²) >= 11 is 1.49. The highest BCUT2D eigenvalue weighted by atomic mass is 32.2. The van der Waals surface area contributed by atoms with E-state index in [1.54, 1.807) is 28.9 Å². The Bertz CT molecular complexity index is 2100. The number of aliphatic hydroxyl groups is 1. The Hall–Kier alpha value is -5.53. The molecule has 11 nitrogen and oxygen atoms in total. The molecule has 7 rings (SSSR count). The highest BCUT2D eigenvalue weighted by molar-refractivity contribution is 7.99. The molecule has 1 saturated heterocycles. The van der Waals surface area contributed by atoms with Gasteiger partial charge >= 0.3 is 6.03 Å². The number of tetrazole rings is 1. The molecule has 1 aliphatic heterocycles. The summed E-state index contributed by atoms with van der Waals surface area (Å²) in [5.41, 5.74) is 7.54. The van der Waals surface area contributed by atoms with Gasteiger partial charge in [0, 0.05) is 30.3 Å². The molecule has 270 valence electrons. The van der Waals surface area contributed by atoms with Crippen molar-refractivity contribution in [2.75, 3.05) is 5.75 Å². The molecule has 1 aliphatic rings. The first kappa shape index (κ1) is 35.9. The number of carbonyl (C=O) groups is 1. The van der Waals surface area contributed by atoms with Crippen molar-refractivity contribution in [2.45, 2.75) is 50.3 Å². The van der Waals surface area contributed by atoms with E-state index in [1.807, 2.05) is 84.9 Å². The molecule has 0 radical (unpaired) electrons. The summed E-state index contributed by atoms with van der Waals surface area (Å²) in [6, 6.07) is 40.4. The van der Waals surface area contributed by atoms with Gasteiger partial charge < -0.3 is 30.3 Å². The molecule has 4 atom stereocenters. The molecule has 0 bridgehead atoms. The SMILES string of the molecule is C[C@H]1[C@@H](CSc2nnnn2-c2ccc(O)cc2)O[C@@H](c2ccc(-c3cccc(CNC(=O)NCc4ccccc4)c3)cc2)O[C@H]1c1ccc(CO)cc1. The van der Waals surface area contributed by atoms with Crippen LogP contribution in [-0.2, 0) is 29.2 Å². The Kier molecular flexibility index (Phi) is 11.4. The van der Waals surface area contributed by atoms with Crippen LogP contribution in [0.25, 0.3) is 16.8 Å². The zero-order valence-corrected chi connectivity index (χ0v) is 29.9. The summed E-state index contributed by atoms with van der Waals surface area (Å²) < 4.78 is 15.0. The van der Waals surface area contributed by atoms with Crippen LogP contribution in [0.4, 0.5) is 4.79 Å². The molecule has 6 aromatic rings. The normalized spacial score (nSPS) is 18.4. The number of carbonyl (C=O) groups excluding carboxylic acids is 1. The van der Waals surface area contributed by atoms with Crippen molar-refractivity contribution in [2.24, 2.45) is 5.92 Å². The van der Waals surface area contributed by atoms with E-state index in [0.717, 1.165) is 44.6 Å². The van der Waals surface area contributed by atoms with Crippen molar-refractivity contribution in [3.8, 4) is 22.6 Å². The first-order valence-corrected chi connectivity index (χ1v) is 18.4. The number of thioether (sulfide) groups is 1. The van der Waals surface area contributed by atoms with Gasteiger partial charge in [0.15, 0.2) is 6.29 Å². The fourth-order valence-electron chi connectivity index (χ4n) is 6.21. The van der Waals surface area contributed by atoms with Crippen molar-refractivity contribution in [3.05, 3.63) is 155 Å². The standard InChI is InChI=1S/C41H40N6O5S/c1-27-37(26-53-41-44-45-46-47(41)35-18-20-36(49)21-19-35)51-39(52-38(27)32-12-10-29(25-48)11-13-32)33-16-14-31(15-17-33)34-9-5-8-30(22-34)24-43-40(50)42-23-28-6-3-2-4-7-28/h2-22,27,37-39,48-49H,23-26H2,1H3,(H2,42,43,50)/t27-,37+,38+,39+/m0/s1. The van der Waals surface area contributed by atoms with Gasteiger partial charge in [0.25, 0.3) is 0 Å². The van der Waals surface area contributed by atoms with E-state index in [2.05, 4.69) is 51.3 Å². The van der Waals surface area contributed by atoms with Crippen LogP contribution >= 0.6 is 11.8 Å². The number of aromatic hydroxyl groups is 1. The number of hydrogen-bond acceptors (Lipinski definition) is 9. The highest BCUT2D eigenvalue weighted by Gasteiger charge is 2.38. The van der Waals surface area contributed by atoms with Crippen LogP contribution in [0, 0.1) is 5.92 Å². The number of aromatic nitrogens is 4. The number of hydrogen-bond donors (Lipinski definition) is 4. The minimum atomic E-state index is -0.633. The molecule has 53 heavy (non-hydrogen) atoms. The van der Waals surface area contributed by atoms with Crippen molar-refractivity contribution in [1.82, 2.24) is 30.8 Å². The van der Waals surface area contributed by atoms with Crippen molar-refractivity contribution in [3.63, 3.8) is 0 Å². The number of urea groups is 1. The molecule has 0 unspecified atom stereocenters. The Morgan fingerprint density at radius 1 is 0.774 bits per heavy atom. The van der Waals surface area contributed by atoms with Crippen molar-refractivity contribution in [1.29, 1.82) is 0 Å². The minimum absolute atomic E-state index is 0.0206. The maximum absolute atomic E-state index is 12.4. The molecule has 0 spiro atoms. The molecule has 0 saturated carbocycles. The number of nitrogens with zero attached hydrogens (tertiary/aromatic N) is 4. The average Bonchev–Trinajstić information content (AvgIpc) is 3.68. The van der Waals surface area contributed by atoms with Crippen molar-refractivity contribution < 1.29 is 24.5 Å². The molecular formula is C41H40N6O5S. The zero-order chi connectivity index (χ0) is 36.6. The van der Waals surface area contributed by atoms with E-state index in [9.17, 15) is 15.0 Å². The number of phenolic OH excluding ortho intramolecular Hbond substituents is 1. The van der Waals surface area contributed by atoms with Crippen LogP contribution in [0.1, 0.15) is 47.1 Å². The molecule has 4 N–H and O–H groups in total. The third kappa shape index (κ3) is 8.93. The Balaban J connectivity index is 1.04. The molecule has 2 amide bonds. The molecule has 5 aromatic carbocycles. The zero-order valence-electron chi connectivity index (χ0n) is 29.1. The van der Waals surface area contributed by atoms with Crippen molar-refractivity contribution >= 4 is 17.8 Å². The van der Waals surface area contributed by atoms with E-state index in [0.29, 0.717) is 24.0 Å². The summed E-state index contributed by atoms with van der Waals surface area (Å²) in [4.78, 5) is 12.4. The second-order valence-electron chi connectivity index (χ2n) is 12.9. The van der Waals surface area contributed by atoms with Crippen LogP contribution in [0.2, 0.25) is 0 Å². The maximum Gasteiger partial charge on any atom is 0.315 e. The number of rotatable bonds is 12. The Labute approximate surface area is 312 Å². The predicted molar refractivity (Wildman–Crippen MR) is 202 cm³/mol. The van der Waals surface area contributed by atoms with Gasteiger partial charge in [-0.3, -0.25) is 0 Å². The number of nitrogens with one attached hydrogen (secondary N) is 2. The molecular weight excluding hydrogens is 689 g/mol. The minimum Gasteiger partial charge on any atom is -0.508 e. The first-order valence-electron chi connectivity index (χ1n) is 17.4. The molecule has 1 fully saturated rings. The smallest absolute Gasteiger partial charge is 0.315 e. The summed E-state index contributed by atoms with van der Waals surface area (Å²) in [6.07, 6.45) is -1.12. The number of amides is 2. The second-order valence-corrected chi connectivity index (χ2v) is 13.9. The lowest BCUT2D eigenvalue weighted by atomic mass is 9.91. The highest BCUT2D eigenvalue weighted by Crippen LogP contribution is 2.43. The lowest BCUT2D eigenvalue weighted by Crippen LogP contribution is -2.38. The first-order chi connectivity index (χ1) is 25.9. The molecule has 0 aliphatic carbocycles. The van der Waals surface area contributed by atoms with Gasteiger partial charge in [0.1, 0.15) is 5.75 Å².